The van der Waals surface area contributed by atoms with Gasteiger partial charge in [0.2, 0.25) is 0 Å². The smallest absolute Gasteiger partial charge is 0.314 e. The largest absolute Gasteiger partial charge is 0.351 e. The zero-order valence-corrected chi connectivity index (χ0v) is 11.8. The minimum atomic E-state index is -0.287. The zero-order chi connectivity index (χ0) is 13.9. The normalized spacial score (nSPS) is 21.7. The highest BCUT2D eigenvalue weighted by atomic mass is 16.2. The molecule has 2 amide bonds. The lowest BCUT2D eigenvalue weighted by Gasteiger charge is -2.34. The third-order valence-corrected chi connectivity index (χ3v) is 4.47. The number of nitrogens with two attached hydrogens (primary N) is 1. The summed E-state index contributed by atoms with van der Waals surface area (Å²) in [6, 6.07) is 11.4. The lowest BCUT2D eigenvalue weighted by Crippen LogP contribution is -2.47. The quantitative estimate of drug-likeness (QED) is 0.884. The molecule has 3 rings (SSSR count). The van der Waals surface area contributed by atoms with Crippen molar-refractivity contribution in [2.24, 2.45) is 11.7 Å². The fraction of sp³-hybridized carbons (Fsp3) is 0.562. The molecule has 0 bridgehead atoms. The van der Waals surface area contributed by atoms with Crippen molar-refractivity contribution in [2.75, 3.05) is 13.1 Å². The van der Waals surface area contributed by atoms with Gasteiger partial charge in [0.1, 0.15) is 0 Å². The Hall–Kier alpha value is -1.55. The summed E-state index contributed by atoms with van der Waals surface area (Å²) in [4.78, 5) is 12.9. The van der Waals surface area contributed by atoms with Crippen LogP contribution in [0.15, 0.2) is 30.3 Å². The van der Waals surface area contributed by atoms with Gasteiger partial charge < -0.3 is 16.0 Å². The number of benzene rings is 1. The van der Waals surface area contributed by atoms with Crippen LogP contribution in [0.2, 0.25) is 0 Å². The van der Waals surface area contributed by atoms with Crippen LogP contribution in [-0.4, -0.2) is 30.1 Å². The Labute approximate surface area is 120 Å². The van der Waals surface area contributed by atoms with Gasteiger partial charge in [0, 0.05) is 25.2 Å². The van der Waals surface area contributed by atoms with Gasteiger partial charge in [0.25, 0.3) is 0 Å². The van der Waals surface area contributed by atoms with Gasteiger partial charge in [-0.3, -0.25) is 0 Å². The predicted octanol–water partition coefficient (Wildman–Crippen LogP) is 2.27. The van der Waals surface area contributed by atoms with E-state index in [-0.39, 0.29) is 6.03 Å². The fourth-order valence-corrected chi connectivity index (χ4v) is 3.11. The molecule has 0 radical (unpaired) electrons. The van der Waals surface area contributed by atoms with E-state index in [0.717, 1.165) is 31.8 Å². The molecule has 1 atom stereocenters. The van der Waals surface area contributed by atoms with Crippen molar-refractivity contribution < 1.29 is 4.79 Å². The molecule has 1 aromatic rings. The van der Waals surface area contributed by atoms with Crippen LogP contribution in [0.25, 0.3) is 0 Å². The first-order valence-corrected chi connectivity index (χ1v) is 7.59. The number of carbonyl (C=O) groups is 1. The Morgan fingerprint density at radius 2 is 1.80 bits per heavy atom. The molecule has 3 N–H and O–H groups in total. The number of hydrogen-bond acceptors (Lipinski definition) is 2. The molecule has 0 spiro atoms. The van der Waals surface area contributed by atoms with Gasteiger partial charge >= 0.3 is 6.03 Å². The van der Waals surface area contributed by atoms with Gasteiger partial charge in [-0.25, -0.2) is 4.79 Å². The van der Waals surface area contributed by atoms with Crippen LogP contribution in [-0.2, 0) is 0 Å². The van der Waals surface area contributed by atoms with Gasteiger partial charge in [0.15, 0.2) is 0 Å². The average molecular weight is 273 g/mol. The van der Waals surface area contributed by atoms with Crippen molar-refractivity contribution in [2.45, 2.75) is 37.8 Å². The standard InChI is InChI=1S/C16H23N3O/c17-16(20)19-10-8-14(9-11-19)18-15(13-6-7-13)12-4-2-1-3-5-12/h1-5,13-15,18H,6-11H2,(H2,17,20). The summed E-state index contributed by atoms with van der Waals surface area (Å²) >= 11 is 0. The van der Waals surface area contributed by atoms with Crippen molar-refractivity contribution in [1.29, 1.82) is 0 Å². The van der Waals surface area contributed by atoms with E-state index in [1.807, 2.05) is 0 Å². The summed E-state index contributed by atoms with van der Waals surface area (Å²) in [5.74, 6) is 0.784. The second-order valence-electron chi connectivity index (χ2n) is 5.99. The lowest BCUT2D eigenvalue weighted by atomic mass is 9.98. The van der Waals surface area contributed by atoms with Crippen molar-refractivity contribution >= 4 is 6.03 Å². The molecule has 4 nitrogen and oxygen atoms in total. The van der Waals surface area contributed by atoms with Gasteiger partial charge in [-0.1, -0.05) is 30.3 Å². The number of piperidine rings is 1. The third kappa shape index (κ3) is 3.12. The molecular weight excluding hydrogens is 250 g/mol. The van der Waals surface area contributed by atoms with Gasteiger partial charge in [-0.2, -0.15) is 0 Å². The highest BCUT2D eigenvalue weighted by Gasteiger charge is 2.34. The van der Waals surface area contributed by atoms with E-state index in [1.54, 1.807) is 4.90 Å². The van der Waals surface area contributed by atoms with Crippen LogP contribution in [0, 0.1) is 5.92 Å². The Morgan fingerprint density at radius 1 is 1.15 bits per heavy atom. The Bertz CT molecular complexity index is 450. The van der Waals surface area contributed by atoms with Crippen molar-refractivity contribution in [3.8, 4) is 0 Å². The number of urea groups is 1. The van der Waals surface area contributed by atoms with Crippen LogP contribution in [0.1, 0.15) is 37.3 Å². The molecule has 1 unspecified atom stereocenters. The first-order valence-electron chi connectivity index (χ1n) is 7.59. The Morgan fingerprint density at radius 3 is 2.35 bits per heavy atom. The fourth-order valence-electron chi connectivity index (χ4n) is 3.11. The highest BCUT2D eigenvalue weighted by molar-refractivity contribution is 5.72. The Balaban J connectivity index is 1.60. The second kappa shape index (κ2) is 5.83. The lowest BCUT2D eigenvalue weighted by molar-refractivity contribution is 0.181. The monoisotopic (exact) mass is 273 g/mol. The zero-order valence-electron chi connectivity index (χ0n) is 11.8. The average Bonchev–Trinajstić information content (AvgIpc) is 3.31. The van der Waals surface area contributed by atoms with E-state index >= 15 is 0 Å². The molecule has 1 saturated carbocycles. The van der Waals surface area contributed by atoms with E-state index in [1.165, 1.54) is 18.4 Å². The van der Waals surface area contributed by atoms with Crippen LogP contribution < -0.4 is 11.1 Å². The van der Waals surface area contributed by atoms with Crippen molar-refractivity contribution in [3.05, 3.63) is 35.9 Å². The first kappa shape index (κ1) is 13.4. The van der Waals surface area contributed by atoms with Gasteiger partial charge in [-0.05, 0) is 37.2 Å². The number of primary amides is 1. The topological polar surface area (TPSA) is 58.4 Å². The minimum Gasteiger partial charge on any atom is -0.351 e. The number of nitrogens with zero attached hydrogens (tertiary/aromatic N) is 1. The molecule has 2 fully saturated rings. The van der Waals surface area contributed by atoms with Crippen LogP contribution >= 0.6 is 0 Å². The maximum atomic E-state index is 11.2. The summed E-state index contributed by atoms with van der Waals surface area (Å²) in [6.07, 6.45) is 4.65. The third-order valence-electron chi connectivity index (χ3n) is 4.47. The summed E-state index contributed by atoms with van der Waals surface area (Å²) in [5, 5.41) is 3.81. The SMILES string of the molecule is NC(=O)N1CCC(NC(c2ccccc2)C2CC2)CC1. The number of rotatable bonds is 4. The molecule has 108 valence electrons. The van der Waals surface area contributed by atoms with Crippen LogP contribution in [0.5, 0.6) is 0 Å². The van der Waals surface area contributed by atoms with E-state index in [4.69, 9.17) is 5.73 Å². The molecule has 0 aromatic heterocycles. The minimum absolute atomic E-state index is 0.287. The van der Waals surface area contributed by atoms with Crippen LogP contribution in [0.3, 0.4) is 0 Å². The second-order valence-corrected chi connectivity index (χ2v) is 5.99. The maximum absolute atomic E-state index is 11.2. The number of carbonyl (C=O) groups excluding carboxylic acids is 1. The first-order chi connectivity index (χ1) is 9.74. The molecule has 1 aliphatic heterocycles. The number of likely N-dealkylation sites (tertiary alicyclic amines) is 1. The van der Waals surface area contributed by atoms with Gasteiger partial charge in [-0.15, -0.1) is 0 Å². The van der Waals surface area contributed by atoms with E-state index in [9.17, 15) is 4.79 Å². The van der Waals surface area contributed by atoms with E-state index < -0.39 is 0 Å². The van der Waals surface area contributed by atoms with Crippen LogP contribution in [0.4, 0.5) is 4.79 Å². The summed E-state index contributed by atoms with van der Waals surface area (Å²) in [6.45, 7) is 1.55. The molecule has 1 saturated heterocycles. The van der Waals surface area contributed by atoms with E-state index in [0.29, 0.717) is 12.1 Å². The highest BCUT2D eigenvalue weighted by Crippen LogP contribution is 2.41. The molecule has 1 aliphatic carbocycles. The summed E-state index contributed by atoms with van der Waals surface area (Å²) in [5.41, 5.74) is 6.73. The maximum Gasteiger partial charge on any atom is 0.314 e. The summed E-state index contributed by atoms with van der Waals surface area (Å²) < 4.78 is 0. The molecule has 20 heavy (non-hydrogen) atoms. The van der Waals surface area contributed by atoms with Crippen molar-refractivity contribution in [3.63, 3.8) is 0 Å². The number of amides is 2. The molecule has 2 aliphatic rings. The number of nitrogens with one attached hydrogen (secondary N) is 1. The molecule has 1 heterocycles. The summed E-state index contributed by atoms with van der Waals surface area (Å²) in [7, 11) is 0. The molecule has 1 aromatic carbocycles. The van der Waals surface area contributed by atoms with Gasteiger partial charge in [0.05, 0.1) is 0 Å². The van der Waals surface area contributed by atoms with E-state index in [2.05, 4.69) is 35.6 Å². The molecular formula is C16H23N3O. The Kier molecular flexibility index (Phi) is 3.92. The predicted molar refractivity (Wildman–Crippen MR) is 79.2 cm³/mol. The van der Waals surface area contributed by atoms with Crippen molar-refractivity contribution in [1.82, 2.24) is 10.2 Å². The molecule has 4 heteroatoms. The number of hydrogen-bond donors (Lipinski definition) is 2.